The molecule has 0 atom stereocenters. The molecule has 0 fully saturated rings. The maximum absolute atomic E-state index is 12.5. The summed E-state index contributed by atoms with van der Waals surface area (Å²) >= 11 is 0. The molecule has 142 valence electrons. The van der Waals surface area contributed by atoms with E-state index >= 15 is 0 Å². The molecule has 0 aromatic heterocycles. The average Bonchev–Trinajstić information content (AvgIpc) is 2.60. The van der Waals surface area contributed by atoms with E-state index in [1.54, 1.807) is 54.6 Å². The van der Waals surface area contributed by atoms with Crippen LogP contribution in [0, 0.1) is 0 Å². The lowest BCUT2D eigenvalue weighted by atomic mass is 10.1. The zero-order valence-electron chi connectivity index (χ0n) is 14.9. The van der Waals surface area contributed by atoms with E-state index in [4.69, 9.17) is 22.9 Å². The highest BCUT2D eigenvalue weighted by Crippen LogP contribution is 2.20. The van der Waals surface area contributed by atoms with Gasteiger partial charge in [0.2, 0.25) is 0 Å². The van der Waals surface area contributed by atoms with E-state index in [-0.39, 0.29) is 0 Å². The van der Waals surface area contributed by atoms with Crippen molar-refractivity contribution in [3.8, 4) is 0 Å². The maximum atomic E-state index is 12.5. The Morgan fingerprint density at radius 2 is 0.929 bits per heavy atom. The van der Waals surface area contributed by atoms with Gasteiger partial charge in [0, 0.05) is 45.3 Å². The Kier molecular flexibility index (Phi) is 5.03. The lowest BCUT2D eigenvalue weighted by molar-refractivity contribution is 0.102. The number of hydrogen-bond donors (Lipinski definition) is 6. The topological polar surface area (TPSA) is 162 Å². The maximum Gasteiger partial charge on any atom is 0.255 e. The zero-order valence-corrected chi connectivity index (χ0v) is 14.9. The van der Waals surface area contributed by atoms with Crippen LogP contribution in [0.15, 0.2) is 60.7 Å². The molecule has 0 heterocycles. The quantitative estimate of drug-likeness (QED) is 0.383. The summed E-state index contributed by atoms with van der Waals surface area (Å²) in [6, 6.07) is 15.8. The van der Waals surface area contributed by atoms with Crippen LogP contribution in [0.3, 0.4) is 0 Å². The monoisotopic (exact) mass is 376 g/mol. The minimum absolute atomic E-state index is 0.306. The summed E-state index contributed by atoms with van der Waals surface area (Å²) in [7, 11) is 0. The van der Waals surface area contributed by atoms with E-state index in [1.807, 2.05) is 0 Å². The van der Waals surface area contributed by atoms with Crippen molar-refractivity contribution in [3.63, 3.8) is 0 Å². The molecule has 0 saturated heterocycles. The number of nitrogens with two attached hydrogens (primary N) is 4. The van der Waals surface area contributed by atoms with Gasteiger partial charge in [0.05, 0.1) is 0 Å². The number of amides is 2. The molecule has 0 bridgehead atoms. The summed E-state index contributed by atoms with van der Waals surface area (Å²) in [5.41, 5.74) is 26.2. The minimum Gasteiger partial charge on any atom is -0.399 e. The van der Waals surface area contributed by atoms with Gasteiger partial charge in [-0.1, -0.05) is 6.07 Å². The van der Waals surface area contributed by atoms with Crippen LogP contribution in [0.4, 0.5) is 34.1 Å². The molecule has 28 heavy (non-hydrogen) atoms. The molecule has 3 aromatic carbocycles. The Hall–Kier alpha value is -4.20. The van der Waals surface area contributed by atoms with Crippen molar-refractivity contribution in [1.29, 1.82) is 0 Å². The molecule has 10 N–H and O–H groups in total. The summed E-state index contributed by atoms with van der Waals surface area (Å²) in [6.45, 7) is 0. The lowest BCUT2D eigenvalue weighted by Crippen LogP contribution is -2.16. The molecule has 0 aliphatic heterocycles. The fraction of sp³-hybridized carbons (Fsp3) is 0. The second kappa shape index (κ2) is 7.58. The number of nitrogens with one attached hydrogen (secondary N) is 2. The first-order valence-electron chi connectivity index (χ1n) is 8.35. The third-order valence-corrected chi connectivity index (χ3v) is 3.86. The van der Waals surface area contributed by atoms with Crippen LogP contribution in [0.5, 0.6) is 0 Å². The smallest absolute Gasteiger partial charge is 0.255 e. The summed E-state index contributed by atoms with van der Waals surface area (Å²) in [6.07, 6.45) is 0. The molecule has 2 amide bonds. The lowest BCUT2D eigenvalue weighted by Gasteiger charge is -2.10. The van der Waals surface area contributed by atoms with Crippen LogP contribution >= 0.6 is 0 Å². The fourth-order valence-corrected chi connectivity index (χ4v) is 2.71. The number of benzene rings is 3. The van der Waals surface area contributed by atoms with Crippen molar-refractivity contribution >= 4 is 45.9 Å². The molecule has 0 unspecified atom stereocenters. The van der Waals surface area contributed by atoms with Gasteiger partial charge in [0.1, 0.15) is 0 Å². The highest BCUT2D eigenvalue weighted by Gasteiger charge is 2.12. The average molecular weight is 376 g/mol. The van der Waals surface area contributed by atoms with E-state index in [0.29, 0.717) is 45.3 Å². The van der Waals surface area contributed by atoms with Gasteiger partial charge >= 0.3 is 0 Å². The van der Waals surface area contributed by atoms with E-state index in [2.05, 4.69) is 10.6 Å². The molecule has 0 spiro atoms. The molecule has 3 rings (SSSR count). The number of carbonyl (C=O) groups is 2. The van der Waals surface area contributed by atoms with Crippen molar-refractivity contribution < 1.29 is 9.59 Å². The summed E-state index contributed by atoms with van der Waals surface area (Å²) in [5, 5.41) is 5.41. The SMILES string of the molecule is Nc1cc(N)cc(NC(=O)c2cccc(C(=O)Nc3cc(N)cc(N)c3)c2)c1. The van der Waals surface area contributed by atoms with Gasteiger partial charge in [-0.25, -0.2) is 0 Å². The summed E-state index contributed by atoms with van der Waals surface area (Å²) in [4.78, 5) is 25.0. The van der Waals surface area contributed by atoms with E-state index in [9.17, 15) is 9.59 Å². The molecule has 8 heteroatoms. The highest BCUT2D eigenvalue weighted by molar-refractivity contribution is 6.09. The van der Waals surface area contributed by atoms with Crippen molar-refractivity contribution in [2.75, 3.05) is 33.6 Å². The van der Waals surface area contributed by atoms with Crippen LogP contribution < -0.4 is 33.6 Å². The van der Waals surface area contributed by atoms with Crippen LogP contribution in [-0.2, 0) is 0 Å². The van der Waals surface area contributed by atoms with Gasteiger partial charge in [-0.2, -0.15) is 0 Å². The van der Waals surface area contributed by atoms with Crippen molar-refractivity contribution in [1.82, 2.24) is 0 Å². The molecule has 0 radical (unpaired) electrons. The molecule has 0 aliphatic rings. The van der Waals surface area contributed by atoms with Crippen molar-refractivity contribution in [2.24, 2.45) is 0 Å². The normalized spacial score (nSPS) is 10.3. The summed E-state index contributed by atoms with van der Waals surface area (Å²) in [5.74, 6) is -0.791. The molecule has 0 saturated carbocycles. The van der Waals surface area contributed by atoms with E-state index < -0.39 is 11.8 Å². The third kappa shape index (κ3) is 4.50. The second-order valence-electron chi connectivity index (χ2n) is 6.27. The predicted octanol–water partition coefficient (Wildman–Crippen LogP) is 2.52. The number of anilines is 6. The standard InChI is InChI=1S/C20H20N6O2/c21-13-5-14(22)8-17(7-13)25-19(27)11-2-1-3-12(4-11)20(28)26-18-9-15(23)6-16(24)10-18/h1-10H,21-24H2,(H,25,27)(H,26,28). The first kappa shape index (κ1) is 18.6. The van der Waals surface area contributed by atoms with Gasteiger partial charge in [0.15, 0.2) is 0 Å². The summed E-state index contributed by atoms with van der Waals surface area (Å²) < 4.78 is 0. The van der Waals surface area contributed by atoms with E-state index in [0.717, 1.165) is 0 Å². The van der Waals surface area contributed by atoms with Gasteiger partial charge in [-0.05, 0) is 54.6 Å². The van der Waals surface area contributed by atoms with Crippen molar-refractivity contribution in [3.05, 3.63) is 71.8 Å². The molecular formula is C20H20N6O2. The van der Waals surface area contributed by atoms with Gasteiger partial charge in [-0.3, -0.25) is 9.59 Å². The Labute approximate surface area is 161 Å². The second-order valence-corrected chi connectivity index (χ2v) is 6.27. The van der Waals surface area contributed by atoms with Crippen LogP contribution in [0.2, 0.25) is 0 Å². The number of nitrogen functional groups attached to an aromatic ring is 4. The Balaban J connectivity index is 1.77. The minimum atomic E-state index is -0.396. The van der Waals surface area contributed by atoms with E-state index in [1.165, 1.54) is 6.07 Å². The Morgan fingerprint density at radius 3 is 1.29 bits per heavy atom. The molecular weight excluding hydrogens is 356 g/mol. The van der Waals surface area contributed by atoms with Gasteiger partial charge in [0.25, 0.3) is 11.8 Å². The van der Waals surface area contributed by atoms with Crippen LogP contribution in [-0.4, -0.2) is 11.8 Å². The molecule has 8 nitrogen and oxygen atoms in total. The van der Waals surface area contributed by atoms with Gasteiger partial charge < -0.3 is 33.6 Å². The zero-order chi connectivity index (χ0) is 20.3. The first-order valence-corrected chi connectivity index (χ1v) is 8.35. The Morgan fingerprint density at radius 1 is 0.571 bits per heavy atom. The fourth-order valence-electron chi connectivity index (χ4n) is 2.71. The number of hydrogen-bond acceptors (Lipinski definition) is 6. The Bertz CT molecular complexity index is 943. The number of rotatable bonds is 4. The van der Waals surface area contributed by atoms with Gasteiger partial charge in [-0.15, -0.1) is 0 Å². The third-order valence-electron chi connectivity index (χ3n) is 3.86. The van der Waals surface area contributed by atoms with Crippen LogP contribution in [0.25, 0.3) is 0 Å². The molecule has 0 aliphatic carbocycles. The predicted molar refractivity (Wildman–Crippen MR) is 113 cm³/mol. The van der Waals surface area contributed by atoms with Crippen molar-refractivity contribution in [2.45, 2.75) is 0 Å². The largest absolute Gasteiger partial charge is 0.399 e. The highest BCUT2D eigenvalue weighted by atomic mass is 16.2. The van der Waals surface area contributed by atoms with Crippen LogP contribution in [0.1, 0.15) is 20.7 Å². The first-order chi connectivity index (χ1) is 13.3. The number of carbonyl (C=O) groups excluding carboxylic acids is 2. The molecule has 3 aromatic rings.